The van der Waals surface area contributed by atoms with Crippen LogP contribution in [-0.4, -0.2) is 21.6 Å². The van der Waals surface area contributed by atoms with Crippen LogP contribution in [-0.2, 0) is 0 Å². The Balaban J connectivity index is 1.82. The Hall–Kier alpha value is -2.46. The minimum atomic E-state index is -0.575. The summed E-state index contributed by atoms with van der Waals surface area (Å²) in [5.74, 6) is 0.759. The summed E-state index contributed by atoms with van der Waals surface area (Å²) in [5.41, 5.74) is 4.07. The first-order chi connectivity index (χ1) is 10.6. The standard InChI is InChI=1S/C18H19N3O/c1-12-5-3-7-14(9-12)16(22)10-19-18-17-13(2)6-4-8-15(17)20-11-21-18/h3-9,11,16,22H,10H2,1-2H3,(H,19,20,21). The Morgan fingerprint density at radius 1 is 1.09 bits per heavy atom. The predicted octanol–water partition coefficient (Wildman–Crippen LogP) is 3.39. The van der Waals surface area contributed by atoms with Gasteiger partial charge in [0.1, 0.15) is 12.1 Å². The van der Waals surface area contributed by atoms with E-state index in [0.717, 1.165) is 33.4 Å². The van der Waals surface area contributed by atoms with Gasteiger partial charge in [0.15, 0.2) is 0 Å². The van der Waals surface area contributed by atoms with Crippen molar-refractivity contribution in [2.24, 2.45) is 0 Å². The van der Waals surface area contributed by atoms with Gasteiger partial charge in [-0.25, -0.2) is 9.97 Å². The van der Waals surface area contributed by atoms with E-state index in [1.54, 1.807) is 6.33 Å². The summed E-state index contributed by atoms with van der Waals surface area (Å²) >= 11 is 0. The Kier molecular flexibility index (Phi) is 4.02. The van der Waals surface area contributed by atoms with Crippen LogP contribution < -0.4 is 5.32 Å². The predicted molar refractivity (Wildman–Crippen MR) is 88.9 cm³/mol. The van der Waals surface area contributed by atoms with Crippen LogP contribution in [0.25, 0.3) is 10.9 Å². The minimum absolute atomic E-state index is 0.407. The van der Waals surface area contributed by atoms with Crippen molar-refractivity contribution in [1.29, 1.82) is 0 Å². The molecule has 112 valence electrons. The van der Waals surface area contributed by atoms with E-state index in [4.69, 9.17) is 0 Å². The second-order valence-electron chi connectivity index (χ2n) is 5.50. The van der Waals surface area contributed by atoms with Crippen LogP contribution in [0.3, 0.4) is 0 Å². The van der Waals surface area contributed by atoms with Crippen LogP contribution in [0.1, 0.15) is 22.8 Å². The van der Waals surface area contributed by atoms with Crippen molar-refractivity contribution in [2.45, 2.75) is 20.0 Å². The molecule has 0 bridgehead atoms. The molecule has 0 saturated heterocycles. The number of benzene rings is 2. The lowest BCUT2D eigenvalue weighted by atomic mass is 10.1. The third-order valence-corrected chi connectivity index (χ3v) is 3.76. The number of aliphatic hydroxyl groups excluding tert-OH is 1. The van der Waals surface area contributed by atoms with Gasteiger partial charge in [-0.1, -0.05) is 42.0 Å². The summed E-state index contributed by atoms with van der Waals surface area (Å²) in [4.78, 5) is 8.60. The average molecular weight is 293 g/mol. The van der Waals surface area contributed by atoms with Gasteiger partial charge >= 0.3 is 0 Å². The molecule has 4 heteroatoms. The summed E-state index contributed by atoms with van der Waals surface area (Å²) < 4.78 is 0. The molecule has 2 N–H and O–H groups in total. The molecule has 0 amide bonds. The SMILES string of the molecule is Cc1cccc(C(O)CNc2ncnc3cccc(C)c23)c1. The number of rotatable bonds is 4. The normalized spacial score (nSPS) is 12.3. The number of nitrogens with one attached hydrogen (secondary N) is 1. The van der Waals surface area contributed by atoms with Crippen molar-refractivity contribution >= 4 is 16.7 Å². The van der Waals surface area contributed by atoms with Crippen molar-refractivity contribution in [2.75, 3.05) is 11.9 Å². The van der Waals surface area contributed by atoms with Gasteiger partial charge < -0.3 is 10.4 Å². The molecule has 0 radical (unpaired) electrons. The van der Waals surface area contributed by atoms with E-state index in [2.05, 4.69) is 15.3 Å². The van der Waals surface area contributed by atoms with Gasteiger partial charge in [0.05, 0.1) is 11.6 Å². The molecule has 1 aromatic heterocycles. The fourth-order valence-corrected chi connectivity index (χ4v) is 2.60. The van der Waals surface area contributed by atoms with Crippen LogP contribution in [0.5, 0.6) is 0 Å². The molecular weight excluding hydrogens is 274 g/mol. The van der Waals surface area contributed by atoms with Crippen molar-refractivity contribution < 1.29 is 5.11 Å². The van der Waals surface area contributed by atoms with Crippen LogP contribution in [0.2, 0.25) is 0 Å². The van der Waals surface area contributed by atoms with Crippen LogP contribution in [0, 0.1) is 13.8 Å². The fourth-order valence-electron chi connectivity index (χ4n) is 2.60. The fraction of sp³-hybridized carbons (Fsp3) is 0.222. The van der Waals surface area contributed by atoms with E-state index in [0.29, 0.717) is 6.54 Å². The van der Waals surface area contributed by atoms with Gasteiger partial charge in [0.2, 0.25) is 0 Å². The summed E-state index contributed by atoms with van der Waals surface area (Å²) in [6, 6.07) is 13.9. The van der Waals surface area contributed by atoms with Gasteiger partial charge in [-0.05, 0) is 31.0 Å². The summed E-state index contributed by atoms with van der Waals surface area (Å²) in [6.45, 7) is 4.46. The van der Waals surface area contributed by atoms with Gasteiger partial charge in [0.25, 0.3) is 0 Å². The second kappa shape index (κ2) is 6.12. The smallest absolute Gasteiger partial charge is 0.137 e. The van der Waals surface area contributed by atoms with E-state index < -0.39 is 6.10 Å². The number of aryl methyl sites for hydroxylation is 2. The summed E-state index contributed by atoms with van der Waals surface area (Å²) in [6.07, 6.45) is 0.970. The molecule has 1 unspecified atom stereocenters. The first kappa shape index (κ1) is 14.5. The third kappa shape index (κ3) is 2.92. The van der Waals surface area contributed by atoms with E-state index in [9.17, 15) is 5.11 Å². The van der Waals surface area contributed by atoms with Gasteiger partial charge in [-0.3, -0.25) is 0 Å². The molecule has 3 rings (SSSR count). The molecular formula is C18H19N3O. The highest BCUT2D eigenvalue weighted by Gasteiger charge is 2.10. The van der Waals surface area contributed by atoms with E-state index in [1.165, 1.54) is 0 Å². The second-order valence-corrected chi connectivity index (χ2v) is 5.50. The molecule has 1 heterocycles. The third-order valence-electron chi connectivity index (χ3n) is 3.76. The quantitative estimate of drug-likeness (QED) is 0.774. The Labute approximate surface area is 129 Å². The summed E-state index contributed by atoms with van der Waals surface area (Å²) in [5, 5.41) is 14.6. The maximum absolute atomic E-state index is 10.3. The number of hydrogen-bond donors (Lipinski definition) is 2. The lowest BCUT2D eigenvalue weighted by molar-refractivity contribution is 0.191. The van der Waals surface area contributed by atoms with Crippen molar-refractivity contribution in [1.82, 2.24) is 9.97 Å². The number of anilines is 1. The largest absolute Gasteiger partial charge is 0.387 e. The molecule has 0 aliphatic carbocycles. The zero-order valence-corrected chi connectivity index (χ0v) is 12.7. The van der Waals surface area contributed by atoms with Crippen LogP contribution in [0.15, 0.2) is 48.8 Å². The van der Waals surface area contributed by atoms with Crippen molar-refractivity contribution in [3.05, 3.63) is 65.5 Å². The monoisotopic (exact) mass is 293 g/mol. The molecule has 0 aliphatic rings. The molecule has 22 heavy (non-hydrogen) atoms. The Bertz CT molecular complexity index is 796. The van der Waals surface area contributed by atoms with E-state index in [-0.39, 0.29) is 0 Å². The molecule has 0 aliphatic heterocycles. The highest BCUT2D eigenvalue weighted by Crippen LogP contribution is 2.23. The topological polar surface area (TPSA) is 58.0 Å². The number of fused-ring (bicyclic) bond motifs is 1. The van der Waals surface area contributed by atoms with Crippen molar-refractivity contribution in [3.63, 3.8) is 0 Å². The van der Waals surface area contributed by atoms with Crippen molar-refractivity contribution in [3.8, 4) is 0 Å². The number of hydrogen-bond acceptors (Lipinski definition) is 4. The van der Waals surface area contributed by atoms with Gasteiger partial charge in [0, 0.05) is 11.9 Å². The number of aliphatic hydroxyl groups is 1. The zero-order chi connectivity index (χ0) is 15.5. The first-order valence-electron chi connectivity index (χ1n) is 7.34. The lowest BCUT2D eigenvalue weighted by Crippen LogP contribution is -2.13. The number of aromatic nitrogens is 2. The van der Waals surface area contributed by atoms with Crippen LogP contribution in [0.4, 0.5) is 5.82 Å². The number of nitrogens with zero attached hydrogens (tertiary/aromatic N) is 2. The molecule has 4 nitrogen and oxygen atoms in total. The zero-order valence-electron chi connectivity index (χ0n) is 12.7. The maximum atomic E-state index is 10.3. The highest BCUT2D eigenvalue weighted by molar-refractivity contribution is 5.91. The van der Waals surface area contributed by atoms with E-state index in [1.807, 2.05) is 56.3 Å². The molecule has 0 spiro atoms. The Morgan fingerprint density at radius 2 is 1.91 bits per heavy atom. The van der Waals surface area contributed by atoms with E-state index >= 15 is 0 Å². The molecule has 0 fully saturated rings. The molecule has 1 atom stereocenters. The highest BCUT2D eigenvalue weighted by atomic mass is 16.3. The van der Waals surface area contributed by atoms with Gasteiger partial charge in [-0.2, -0.15) is 0 Å². The first-order valence-corrected chi connectivity index (χ1v) is 7.34. The lowest BCUT2D eigenvalue weighted by Gasteiger charge is -2.15. The Morgan fingerprint density at radius 3 is 2.73 bits per heavy atom. The van der Waals surface area contributed by atoms with Crippen LogP contribution >= 0.6 is 0 Å². The minimum Gasteiger partial charge on any atom is -0.387 e. The van der Waals surface area contributed by atoms with Gasteiger partial charge in [-0.15, -0.1) is 0 Å². The molecule has 2 aromatic carbocycles. The molecule has 3 aromatic rings. The molecule has 0 saturated carbocycles. The maximum Gasteiger partial charge on any atom is 0.137 e. The summed E-state index contributed by atoms with van der Waals surface area (Å²) in [7, 11) is 0. The average Bonchev–Trinajstić information content (AvgIpc) is 2.52.